The molecule has 3 heteroatoms. The fraction of sp³-hybridized carbons (Fsp3) is 0.625. The molecule has 0 aromatic heterocycles. The SMILES string of the molecule is CNCc1cccc(CN(CCOC)CC(C)C)c1. The maximum Gasteiger partial charge on any atom is 0.0589 e. The van der Waals surface area contributed by atoms with Gasteiger partial charge in [0.1, 0.15) is 0 Å². The van der Waals surface area contributed by atoms with Gasteiger partial charge in [0.25, 0.3) is 0 Å². The molecule has 3 nitrogen and oxygen atoms in total. The van der Waals surface area contributed by atoms with Crippen LogP contribution in [0.4, 0.5) is 0 Å². The van der Waals surface area contributed by atoms with Crippen molar-refractivity contribution in [2.75, 3.05) is 33.9 Å². The normalized spacial score (nSPS) is 11.5. The van der Waals surface area contributed by atoms with Gasteiger partial charge in [0.05, 0.1) is 6.61 Å². The predicted octanol–water partition coefficient (Wildman–Crippen LogP) is 2.51. The van der Waals surface area contributed by atoms with Crippen molar-refractivity contribution in [3.63, 3.8) is 0 Å². The summed E-state index contributed by atoms with van der Waals surface area (Å²) < 4.78 is 5.20. The van der Waals surface area contributed by atoms with Crippen LogP contribution in [-0.2, 0) is 17.8 Å². The van der Waals surface area contributed by atoms with Crippen molar-refractivity contribution in [3.8, 4) is 0 Å². The Morgan fingerprint density at radius 2 is 2.00 bits per heavy atom. The Kier molecular flexibility index (Phi) is 7.72. The molecule has 19 heavy (non-hydrogen) atoms. The summed E-state index contributed by atoms with van der Waals surface area (Å²) in [6.07, 6.45) is 0. The minimum atomic E-state index is 0.678. The first kappa shape index (κ1) is 16.2. The topological polar surface area (TPSA) is 24.5 Å². The largest absolute Gasteiger partial charge is 0.383 e. The molecule has 0 amide bonds. The van der Waals surface area contributed by atoms with E-state index in [1.54, 1.807) is 7.11 Å². The lowest BCUT2D eigenvalue weighted by Gasteiger charge is -2.24. The molecule has 1 aromatic carbocycles. The Morgan fingerprint density at radius 1 is 1.26 bits per heavy atom. The summed E-state index contributed by atoms with van der Waals surface area (Å²) in [5, 5.41) is 3.20. The molecule has 0 unspecified atom stereocenters. The second-order valence-electron chi connectivity index (χ2n) is 5.47. The van der Waals surface area contributed by atoms with E-state index in [-0.39, 0.29) is 0 Å². The molecule has 0 spiro atoms. The summed E-state index contributed by atoms with van der Waals surface area (Å²) >= 11 is 0. The molecule has 0 atom stereocenters. The quantitative estimate of drug-likeness (QED) is 0.742. The lowest BCUT2D eigenvalue weighted by atomic mass is 10.1. The number of hydrogen-bond donors (Lipinski definition) is 1. The second kappa shape index (κ2) is 9.08. The fourth-order valence-electron chi connectivity index (χ4n) is 2.27. The Hall–Kier alpha value is -0.900. The van der Waals surface area contributed by atoms with Gasteiger partial charge in [0, 0.05) is 33.3 Å². The van der Waals surface area contributed by atoms with Crippen LogP contribution in [0.5, 0.6) is 0 Å². The van der Waals surface area contributed by atoms with Crippen molar-refractivity contribution in [1.29, 1.82) is 0 Å². The highest BCUT2D eigenvalue weighted by Crippen LogP contribution is 2.10. The molecular formula is C16H28N2O. The van der Waals surface area contributed by atoms with Gasteiger partial charge < -0.3 is 10.1 Å². The summed E-state index contributed by atoms with van der Waals surface area (Å²) in [5.41, 5.74) is 2.72. The molecule has 0 heterocycles. The van der Waals surface area contributed by atoms with Crippen LogP contribution >= 0.6 is 0 Å². The number of rotatable bonds is 9. The highest BCUT2D eigenvalue weighted by molar-refractivity contribution is 5.23. The van der Waals surface area contributed by atoms with Crippen LogP contribution in [0.15, 0.2) is 24.3 Å². The van der Waals surface area contributed by atoms with Crippen molar-refractivity contribution in [1.82, 2.24) is 10.2 Å². The Balaban J connectivity index is 2.63. The van der Waals surface area contributed by atoms with Crippen LogP contribution in [-0.4, -0.2) is 38.8 Å². The van der Waals surface area contributed by atoms with Crippen LogP contribution in [0.2, 0.25) is 0 Å². The van der Waals surface area contributed by atoms with E-state index in [9.17, 15) is 0 Å². The van der Waals surface area contributed by atoms with Crippen molar-refractivity contribution >= 4 is 0 Å². The maximum absolute atomic E-state index is 5.20. The minimum absolute atomic E-state index is 0.678. The molecule has 0 fully saturated rings. The third-order valence-electron chi connectivity index (χ3n) is 3.01. The second-order valence-corrected chi connectivity index (χ2v) is 5.47. The third kappa shape index (κ3) is 6.71. The van der Waals surface area contributed by atoms with Crippen LogP contribution in [0.3, 0.4) is 0 Å². The van der Waals surface area contributed by atoms with Crippen molar-refractivity contribution in [2.45, 2.75) is 26.9 Å². The summed E-state index contributed by atoms with van der Waals surface area (Å²) in [5.74, 6) is 0.678. The van der Waals surface area contributed by atoms with E-state index in [2.05, 4.69) is 48.3 Å². The monoisotopic (exact) mass is 264 g/mol. The van der Waals surface area contributed by atoms with Gasteiger partial charge in [0.2, 0.25) is 0 Å². The van der Waals surface area contributed by atoms with Crippen molar-refractivity contribution in [3.05, 3.63) is 35.4 Å². The molecule has 0 saturated heterocycles. The number of methoxy groups -OCH3 is 1. The van der Waals surface area contributed by atoms with Crippen molar-refractivity contribution < 1.29 is 4.74 Å². The molecule has 1 N–H and O–H groups in total. The number of nitrogens with one attached hydrogen (secondary N) is 1. The lowest BCUT2D eigenvalue weighted by Crippen LogP contribution is -2.30. The van der Waals surface area contributed by atoms with Crippen LogP contribution in [0.1, 0.15) is 25.0 Å². The standard InChI is InChI=1S/C16H28N2O/c1-14(2)12-18(8-9-19-4)13-16-7-5-6-15(10-16)11-17-3/h5-7,10,14,17H,8-9,11-13H2,1-4H3. The van der Waals surface area contributed by atoms with Gasteiger partial charge in [-0.2, -0.15) is 0 Å². The van der Waals surface area contributed by atoms with Crippen LogP contribution in [0.25, 0.3) is 0 Å². The fourth-order valence-corrected chi connectivity index (χ4v) is 2.27. The smallest absolute Gasteiger partial charge is 0.0589 e. The Labute approximate surface area is 118 Å². The zero-order valence-corrected chi connectivity index (χ0v) is 12.8. The molecule has 0 aliphatic carbocycles. The molecule has 1 aromatic rings. The van der Waals surface area contributed by atoms with Crippen LogP contribution in [0, 0.1) is 5.92 Å². The van der Waals surface area contributed by atoms with Gasteiger partial charge in [-0.1, -0.05) is 38.1 Å². The van der Waals surface area contributed by atoms with Crippen molar-refractivity contribution in [2.24, 2.45) is 5.92 Å². The van der Waals surface area contributed by atoms with E-state index < -0.39 is 0 Å². The average Bonchev–Trinajstić information content (AvgIpc) is 2.36. The highest BCUT2D eigenvalue weighted by Gasteiger charge is 2.08. The van der Waals surface area contributed by atoms with E-state index in [4.69, 9.17) is 4.74 Å². The minimum Gasteiger partial charge on any atom is -0.383 e. The van der Waals surface area contributed by atoms with Gasteiger partial charge in [-0.05, 0) is 24.1 Å². The van der Waals surface area contributed by atoms with E-state index in [1.807, 2.05) is 7.05 Å². The summed E-state index contributed by atoms with van der Waals surface area (Å²) in [6.45, 7) is 9.34. The van der Waals surface area contributed by atoms with E-state index in [0.717, 1.165) is 32.8 Å². The number of ether oxygens (including phenoxy) is 1. The molecule has 0 aliphatic rings. The zero-order valence-electron chi connectivity index (χ0n) is 12.8. The molecule has 0 radical (unpaired) electrons. The Morgan fingerprint density at radius 3 is 2.63 bits per heavy atom. The van der Waals surface area contributed by atoms with Gasteiger partial charge in [-0.3, -0.25) is 4.90 Å². The summed E-state index contributed by atoms with van der Waals surface area (Å²) in [6, 6.07) is 8.81. The summed E-state index contributed by atoms with van der Waals surface area (Å²) in [7, 11) is 3.75. The maximum atomic E-state index is 5.20. The lowest BCUT2D eigenvalue weighted by molar-refractivity contribution is 0.136. The summed E-state index contributed by atoms with van der Waals surface area (Å²) in [4.78, 5) is 2.46. The average molecular weight is 264 g/mol. The van der Waals surface area contributed by atoms with E-state index in [1.165, 1.54) is 11.1 Å². The Bertz CT molecular complexity index is 352. The number of nitrogens with zero attached hydrogens (tertiary/aromatic N) is 1. The zero-order chi connectivity index (χ0) is 14.1. The molecular weight excluding hydrogens is 236 g/mol. The van der Waals surface area contributed by atoms with E-state index in [0.29, 0.717) is 5.92 Å². The predicted molar refractivity (Wildman–Crippen MR) is 81.2 cm³/mol. The molecule has 0 bridgehead atoms. The number of hydrogen-bond acceptors (Lipinski definition) is 3. The van der Waals surface area contributed by atoms with Gasteiger partial charge in [-0.25, -0.2) is 0 Å². The van der Waals surface area contributed by atoms with E-state index >= 15 is 0 Å². The first-order valence-corrected chi connectivity index (χ1v) is 7.09. The highest BCUT2D eigenvalue weighted by atomic mass is 16.5. The molecule has 1 rings (SSSR count). The van der Waals surface area contributed by atoms with Gasteiger partial charge >= 0.3 is 0 Å². The van der Waals surface area contributed by atoms with Gasteiger partial charge in [-0.15, -0.1) is 0 Å². The van der Waals surface area contributed by atoms with Gasteiger partial charge in [0.15, 0.2) is 0 Å². The molecule has 0 aliphatic heterocycles. The van der Waals surface area contributed by atoms with Crippen LogP contribution < -0.4 is 5.32 Å². The number of benzene rings is 1. The molecule has 0 saturated carbocycles. The first-order valence-electron chi connectivity index (χ1n) is 7.09. The molecule has 108 valence electrons. The third-order valence-corrected chi connectivity index (χ3v) is 3.01. The first-order chi connectivity index (χ1) is 9.15.